The highest BCUT2D eigenvalue weighted by molar-refractivity contribution is 7.88. The first-order chi connectivity index (χ1) is 17.5. The van der Waals surface area contributed by atoms with Gasteiger partial charge in [0.2, 0.25) is 10.0 Å². The molecule has 1 aliphatic carbocycles. The summed E-state index contributed by atoms with van der Waals surface area (Å²) in [7, 11) is -3.34. The van der Waals surface area contributed by atoms with Crippen molar-refractivity contribution < 1.29 is 13.2 Å². The Morgan fingerprint density at radius 1 is 0.944 bits per heavy atom. The van der Waals surface area contributed by atoms with Crippen LogP contribution in [0.4, 0.5) is 11.5 Å². The molecule has 0 spiro atoms. The van der Waals surface area contributed by atoms with Crippen molar-refractivity contribution in [1.29, 1.82) is 0 Å². The predicted octanol–water partition coefficient (Wildman–Crippen LogP) is 4.08. The van der Waals surface area contributed by atoms with Crippen molar-refractivity contribution >= 4 is 21.5 Å². The number of anilines is 2. The van der Waals surface area contributed by atoms with Gasteiger partial charge in [-0.3, -0.25) is 4.90 Å². The molecule has 0 radical (unpaired) electrons. The second kappa shape index (κ2) is 11.5. The summed E-state index contributed by atoms with van der Waals surface area (Å²) in [5.41, 5.74) is 4.73. The zero-order valence-electron chi connectivity index (χ0n) is 20.4. The summed E-state index contributed by atoms with van der Waals surface area (Å²) in [5.74, 6) is 0.671. The fourth-order valence-electron chi connectivity index (χ4n) is 4.82. The van der Waals surface area contributed by atoms with Crippen molar-refractivity contribution in [3.05, 3.63) is 72.1 Å². The van der Waals surface area contributed by atoms with Crippen LogP contribution in [0, 0.1) is 0 Å². The fourth-order valence-corrected chi connectivity index (χ4v) is 6.28. The van der Waals surface area contributed by atoms with Gasteiger partial charge in [0.05, 0.1) is 24.7 Å². The Morgan fingerprint density at radius 2 is 1.72 bits per heavy atom. The predicted molar refractivity (Wildman–Crippen MR) is 141 cm³/mol. The molecule has 0 amide bonds. The number of sulfonamides is 1. The lowest BCUT2D eigenvalue weighted by atomic mass is 10.1. The molecular weight excluding hydrogens is 474 g/mol. The van der Waals surface area contributed by atoms with Gasteiger partial charge in [-0.05, 0) is 42.2 Å². The molecule has 8 nitrogen and oxygen atoms in total. The quantitative estimate of drug-likeness (QED) is 0.450. The third kappa shape index (κ3) is 6.88. The number of rotatable bonds is 9. The van der Waals surface area contributed by atoms with Crippen molar-refractivity contribution in [3.63, 3.8) is 0 Å². The van der Waals surface area contributed by atoms with E-state index in [0.29, 0.717) is 5.82 Å². The third-order valence-corrected chi connectivity index (χ3v) is 8.09. The minimum Gasteiger partial charge on any atom is -0.379 e. The Bertz CT molecular complexity index is 1250. The van der Waals surface area contributed by atoms with E-state index >= 15 is 0 Å². The van der Waals surface area contributed by atoms with Crippen molar-refractivity contribution in [2.24, 2.45) is 0 Å². The summed E-state index contributed by atoms with van der Waals surface area (Å²) in [5, 5.41) is 3.30. The van der Waals surface area contributed by atoms with E-state index in [1.54, 1.807) is 6.33 Å². The third-order valence-electron chi connectivity index (χ3n) is 6.68. The van der Waals surface area contributed by atoms with E-state index in [2.05, 4.69) is 49.2 Å². The molecule has 2 N–H and O–H groups in total. The second-order valence-corrected chi connectivity index (χ2v) is 11.3. The monoisotopic (exact) mass is 507 g/mol. The summed E-state index contributed by atoms with van der Waals surface area (Å²) in [6.45, 7) is 4.37. The van der Waals surface area contributed by atoms with E-state index in [1.807, 2.05) is 30.3 Å². The van der Waals surface area contributed by atoms with Crippen molar-refractivity contribution in [3.8, 4) is 11.3 Å². The Kier molecular flexibility index (Phi) is 7.91. The molecule has 0 bridgehead atoms. The van der Waals surface area contributed by atoms with Gasteiger partial charge in [-0.15, -0.1) is 0 Å². The molecule has 1 aliphatic heterocycles. The van der Waals surface area contributed by atoms with Gasteiger partial charge >= 0.3 is 0 Å². The molecule has 1 saturated carbocycles. The SMILES string of the molecule is O=S(=O)(Cc1ccc(Nc2cc(-c3cccc(CN4CCOCC4)c3)ncn2)cc1)NC1CCCC1. The summed E-state index contributed by atoms with van der Waals surface area (Å²) in [6, 6.07) is 17.9. The molecule has 2 aliphatic rings. The first kappa shape index (κ1) is 24.8. The molecule has 1 aromatic heterocycles. The average molecular weight is 508 g/mol. The summed E-state index contributed by atoms with van der Waals surface area (Å²) < 4.78 is 33.3. The molecule has 2 heterocycles. The summed E-state index contributed by atoms with van der Waals surface area (Å²) >= 11 is 0. The normalized spacial score (nSPS) is 17.3. The molecule has 3 aromatic rings. The zero-order chi connectivity index (χ0) is 24.8. The maximum Gasteiger partial charge on any atom is 0.216 e. The van der Waals surface area contributed by atoms with E-state index in [9.17, 15) is 8.42 Å². The number of ether oxygens (including phenoxy) is 1. The van der Waals surface area contributed by atoms with Crippen LogP contribution >= 0.6 is 0 Å². The number of nitrogens with zero attached hydrogens (tertiary/aromatic N) is 3. The van der Waals surface area contributed by atoms with E-state index in [0.717, 1.165) is 81.0 Å². The lowest BCUT2D eigenvalue weighted by Gasteiger charge is -2.26. The Labute approximate surface area is 213 Å². The summed E-state index contributed by atoms with van der Waals surface area (Å²) in [6.07, 6.45) is 5.61. The topological polar surface area (TPSA) is 96.5 Å². The van der Waals surface area contributed by atoms with Gasteiger partial charge in [-0.2, -0.15) is 0 Å². The molecule has 1 saturated heterocycles. The maximum atomic E-state index is 12.5. The average Bonchev–Trinajstić information content (AvgIpc) is 3.38. The number of benzene rings is 2. The molecule has 36 heavy (non-hydrogen) atoms. The van der Waals surface area contributed by atoms with Crippen LogP contribution in [-0.2, 0) is 27.1 Å². The fraction of sp³-hybridized carbons (Fsp3) is 0.407. The van der Waals surface area contributed by atoms with Crippen LogP contribution in [-0.4, -0.2) is 55.6 Å². The first-order valence-electron chi connectivity index (χ1n) is 12.6. The van der Waals surface area contributed by atoms with Crippen LogP contribution in [0.5, 0.6) is 0 Å². The minimum atomic E-state index is -3.34. The maximum absolute atomic E-state index is 12.5. The molecule has 9 heteroatoms. The van der Waals surface area contributed by atoms with Crippen molar-refractivity contribution in [2.75, 3.05) is 31.6 Å². The summed E-state index contributed by atoms with van der Waals surface area (Å²) in [4.78, 5) is 11.2. The van der Waals surface area contributed by atoms with Crippen LogP contribution in [0.1, 0.15) is 36.8 Å². The molecule has 2 fully saturated rings. The number of morpholine rings is 1. The standard InChI is InChI=1S/C27H33N5O3S/c33-36(34,31-25-6-1-2-7-25)19-21-8-10-24(11-9-21)30-27-17-26(28-20-29-27)23-5-3-4-22(16-23)18-32-12-14-35-15-13-32/h3-5,8-11,16-17,20,25,31H,1-2,6-7,12-15,18-19H2,(H,28,29,30). The second-order valence-electron chi connectivity index (χ2n) is 9.56. The molecule has 5 rings (SSSR count). The number of hydrogen-bond acceptors (Lipinski definition) is 7. The lowest BCUT2D eigenvalue weighted by molar-refractivity contribution is 0.0342. The van der Waals surface area contributed by atoms with Gasteiger partial charge in [0.15, 0.2) is 0 Å². The van der Waals surface area contributed by atoms with Gasteiger partial charge in [0, 0.05) is 43.0 Å². The highest BCUT2D eigenvalue weighted by atomic mass is 32.2. The van der Waals surface area contributed by atoms with Gasteiger partial charge < -0.3 is 10.1 Å². The van der Waals surface area contributed by atoms with Crippen LogP contribution < -0.4 is 10.0 Å². The molecule has 2 aromatic carbocycles. The van der Waals surface area contributed by atoms with Crippen molar-refractivity contribution in [2.45, 2.75) is 44.0 Å². The zero-order valence-corrected chi connectivity index (χ0v) is 21.2. The first-order valence-corrected chi connectivity index (χ1v) is 14.3. The van der Waals surface area contributed by atoms with Gasteiger partial charge in [-0.1, -0.05) is 43.2 Å². The number of hydrogen-bond donors (Lipinski definition) is 2. The van der Waals surface area contributed by atoms with Gasteiger partial charge in [-0.25, -0.2) is 23.1 Å². The van der Waals surface area contributed by atoms with Crippen LogP contribution in [0.2, 0.25) is 0 Å². The van der Waals surface area contributed by atoms with E-state index in [1.165, 1.54) is 5.56 Å². The lowest BCUT2D eigenvalue weighted by Crippen LogP contribution is -2.35. The van der Waals surface area contributed by atoms with E-state index in [-0.39, 0.29) is 11.8 Å². The van der Waals surface area contributed by atoms with Gasteiger partial charge in [0.1, 0.15) is 12.1 Å². The number of nitrogens with one attached hydrogen (secondary N) is 2. The Balaban J connectivity index is 1.22. The highest BCUT2D eigenvalue weighted by Gasteiger charge is 2.21. The number of aromatic nitrogens is 2. The molecule has 0 atom stereocenters. The molecule has 190 valence electrons. The van der Waals surface area contributed by atoms with Crippen LogP contribution in [0.15, 0.2) is 60.9 Å². The molecular formula is C27H33N5O3S. The highest BCUT2D eigenvalue weighted by Crippen LogP contribution is 2.24. The van der Waals surface area contributed by atoms with Crippen LogP contribution in [0.25, 0.3) is 11.3 Å². The Hall–Kier alpha value is -2.85. The van der Waals surface area contributed by atoms with Gasteiger partial charge in [0.25, 0.3) is 0 Å². The largest absolute Gasteiger partial charge is 0.379 e. The molecule has 0 unspecified atom stereocenters. The minimum absolute atomic E-state index is 0.0117. The Morgan fingerprint density at radius 3 is 2.50 bits per heavy atom. The van der Waals surface area contributed by atoms with Crippen molar-refractivity contribution in [1.82, 2.24) is 19.6 Å². The van der Waals surface area contributed by atoms with E-state index < -0.39 is 10.0 Å². The van der Waals surface area contributed by atoms with E-state index in [4.69, 9.17) is 4.74 Å². The smallest absolute Gasteiger partial charge is 0.216 e. The van der Waals surface area contributed by atoms with Crippen LogP contribution in [0.3, 0.4) is 0 Å².